The maximum absolute atomic E-state index is 6.79. The quantitative estimate of drug-likeness (QED) is 0.186. The molecule has 1 heterocycles. The van der Waals surface area contributed by atoms with Crippen molar-refractivity contribution >= 4 is 10.8 Å². The number of benzene rings is 8. The van der Waals surface area contributed by atoms with Crippen LogP contribution in [0.15, 0.2) is 188 Å². The van der Waals surface area contributed by atoms with Crippen LogP contribution in [0.1, 0.15) is 45.9 Å². The Balaban J connectivity index is 1.33. The Morgan fingerprint density at radius 3 is 1.56 bits per heavy atom. The van der Waals surface area contributed by atoms with E-state index in [1.165, 1.54) is 72.0 Å². The van der Waals surface area contributed by atoms with Gasteiger partial charge in [0.1, 0.15) is 11.5 Å². The summed E-state index contributed by atoms with van der Waals surface area (Å²) in [5.74, 6) is 1.80. The molecule has 0 bridgehead atoms. The zero-order valence-electron chi connectivity index (χ0n) is 27.8. The summed E-state index contributed by atoms with van der Waals surface area (Å²) in [6.07, 6.45) is 0. The van der Waals surface area contributed by atoms with Crippen LogP contribution in [0, 0.1) is 0 Å². The third-order valence-electron chi connectivity index (χ3n) is 11.3. The predicted octanol–water partition coefficient (Wildman–Crippen LogP) is 12.3. The van der Waals surface area contributed by atoms with E-state index in [2.05, 4.69) is 195 Å². The Bertz CT molecular complexity index is 2580. The van der Waals surface area contributed by atoms with E-state index in [1.54, 1.807) is 0 Å². The van der Waals surface area contributed by atoms with Gasteiger partial charge in [0.15, 0.2) is 0 Å². The molecule has 10 rings (SSSR count). The molecular formula is C49H34O. The molecule has 1 aliphatic heterocycles. The van der Waals surface area contributed by atoms with Crippen molar-refractivity contribution in [1.82, 2.24) is 0 Å². The molecule has 0 saturated heterocycles. The molecule has 2 aliphatic rings. The Morgan fingerprint density at radius 1 is 0.360 bits per heavy atom. The fraction of sp³-hybridized carbons (Fsp3) is 0.0612. The SMILES string of the molecule is CC1(c2ccccc2)c2ccccc2Oc2cccc(-c3ccccc3C3(c4ccccc4)c4ccccc4-c4cc5ccccc5cc43)c21. The van der Waals surface area contributed by atoms with Crippen molar-refractivity contribution in [3.63, 3.8) is 0 Å². The van der Waals surface area contributed by atoms with Crippen LogP contribution in [0.2, 0.25) is 0 Å². The summed E-state index contributed by atoms with van der Waals surface area (Å²) < 4.78 is 6.79. The Kier molecular flexibility index (Phi) is 6.29. The first kappa shape index (κ1) is 28.8. The van der Waals surface area contributed by atoms with Gasteiger partial charge in [-0.1, -0.05) is 164 Å². The molecule has 1 aliphatic carbocycles. The first-order valence-electron chi connectivity index (χ1n) is 17.4. The highest BCUT2D eigenvalue weighted by Crippen LogP contribution is 2.60. The van der Waals surface area contributed by atoms with Gasteiger partial charge >= 0.3 is 0 Å². The third kappa shape index (κ3) is 3.89. The highest BCUT2D eigenvalue weighted by molar-refractivity contribution is 5.97. The molecule has 0 N–H and O–H groups in total. The number of hydrogen-bond donors (Lipinski definition) is 0. The molecule has 236 valence electrons. The van der Waals surface area contributed by atoms with Crippen LogP contribution in [0.5, 0.6) is 11.5 Å². The molecule has 0 amide bonds. The molecule has 0 spiro atoms. The Labute approximate surface area is 293 Å². The summed E-state index contributed by atoms with van der Waals surface area (Å²) in [6, 6.07) is 68.9. The van der Waals surface area contributed by atoms with Gasteiger partial charge in [0.25, 0.3) is 0 Å². The van der Waals surface area contributed by atoms with E-state index < -0.39 is 10.8 Å². The van der Waals surface area contributed by atoms with Crippen molar-refractivity contribution in [2.24, 2.45) is 0 Å². The lowest BCUT2D eigenvalue weighted by atomic mass is 9.63. The van der Waals surface area contributed by atoms with Gasteiger partial charge in [-0.3, -0.25) is 0 Å². The fourth-order valence-electron chi connectivity index (χ4n) is 9.10. The Hall–Kier alpha value is -6.18. The van der Waals surface area contributed by atoms with Crippen molar-refractivity contribution in [3.8, 4) is 33.8 Å². The number of hydrogen-bond acceptors (Lipinski definition) is 1. The fourth-order valence-corrected chi connectivity index (χ4v) is 9.10. The average molecular weight is 639 g/mol. The lowest BCUT2D eigenvalue weighted by Gasteiger charge is -2.41. The van der Waals surface area contributed by atoms with Gasteiger partial charge in [0.05, 0.1) is 10.8 Å². The molecule has 1 nitrogen and oxygen atoms in total. The van der Waals surface area contributed by atoms with Crippen molar-refractivity contribution in [2.45, 2.75) is 17.8 Å². The van der Waals surface area contributed by atoms with E-state index >= 15 is 0 Å². The standard InChI is InChI=1S/C49H34O/c1-48(35-19-4-2-5-20-35)43-28-14-15-29-45(43)50-46-30-16-25-39(47(46)48)37-23-10-12-26-41(37)49(36-21-6-3-7-22-36)42-27-13-11-24-38(42)40-31-33-17-8-9-18-34(33)32-44(40)49/h2-32H,1H3. The largest absolute Gasteiger partial charge is 0.457 e. The van der Waals surface area contributed by atoms with E-state index in [1.807, 2.05) is 0 Å². The van der Waals surface area contributed by atoms with Crippen molar-refractivity contribution in [3.05, 3.63) is 227 Å². The number of fused-ring (bicyclic) bond motifs is 6. The van der Waals surface area contributed by atoms with Crippen LogP contribution in [0.25, 0.3) is 33.0 Å². The first-order valence-corrected chi connectivity index (χ1v) is 17.4. The Morgan fingerprint density at radius 2 is 0.860 bits per heavy atom. The van der Waals surface area contributed by atoms with Crippen LogP contribution < -0.4 is 4.74 Å². The van der Waals surface area contributed by atoms with E-state index in [0.29, 0.717) is 0 Å². The number of rotatable bonds is 4. The van der Waals surface area contributed by atoms with Crippen LogP contribution in [-0.2, 0) is 10.8 Å². The predicted molar refractivity (Wildman–Crippen MR) is 205 cm³/mol. The summed E-state index contributed by atoms with van der Waals surface area (Å²) in [6.45, 7) is 2.37. The molecule has 0 radical (unpaired) electrons. The van der Waals surface area contributed by atoms with Crippen LogP contribution in [0.3, 0.4) is 0 Å². The van der Waals surface area contributed by atoms with Gasteiger partial charge in [-0.2, -0.15) is 0 Å². The molecule has 8 aromatic carbocycles. The third-order valence-corrected chi connectivity index (χ3v) is 11.3. The van der Waals surface area contributed by atoms with Gasteiger partial charge in [-0.15, -0.1) is 0 Å². The number of ether oxygens (including phenoxy) is 1. The molecule has 2 unspecified atom stereocenters. The van der Waals surface area contributed by atoms with Gasteiger partial charge < -0.3 is 4.74 Å². The van der Waals surface area contributed by atoms with E-state index in [0.717, 1.165) is 11.5 Å². The normalized spacial score (nSPS) is 18.4. The second-order valence-electron chi connectivity index (χ2n) is 13.7. The van der Waals surface area contributed by atoms with E-state index in [9.17, 15) is 0 Å². The number of para-hydroxylation sites is 1. The topological polar surface area (TPSA) is 9.23 Å². The maximum Gasteiger partial charge on any atom is 0.132 e. The molecular weight excluding hydrogens is 605 g/mol. The van der Waals surface area contributed by atoms with Gasteiger partial charge in [0.2, 0.25) is 0 Å². The van der Waals surface area contributed by atoms with Crippen molar-refractivity contribution < 1.29 is 4.74 Å². The van der Waals surface area contributed by atoms with Crippen molar-refractivity contribution in [1.29, 1.82) is 0 Å². The lowest BCUT2D eigenvalue weighted by Crippen LogP contribution is -2.31. The first-order chi connectivity index (χ1) is 24.7. The maximum atomic E-state index is 6.79. The van der Waals surface area contributed by atoms with E-state index in [4.69, 9.17) is 4.74 Å². The zero-order valence-corrected chi connectivity index (χ0v) is 27.8. The smallest absolute Gasteiger partial charge is 0.132 e. The second kappa shape index (κ2) is 10.9. The molecule has 8 aromatic rings. The van der Waals surface area contributed by atoms with Crippen LogP contribution in [-0.4, -0.2) is 0 Å². The minimum absolute atomic E-state index is 0.462. The lowest BCUT2D eigenvalue weighted by molar-refractivity contribution is 0.428. The molecule has 50 heavy (non-hydrogen) atoms. The van der Waals surface area contributed by atoms with Crippen molar-refractivity contribution in [2.75, 3.05) is 0 Å². The summed E-state index contributed by atoms with van der Waals surface area (Å²) in [4.78, 5) is 0. The highest BCUT2D eigenvalue weighted by atomic mass is 16.5. The summed E-state index contributed by atoms with van der Waals surface area (Å²) in [7, 11) is 0. The molecule has 0 fully saturated rings. The minimum atomic E-state index is -0.562. The van der Waals surface area contributed by atoms with Gasteiger partial charge in [-0.25, -0.2) is 0 Å². The van der Waals surface area contributed by atoms with E-state index in [-0.39, 0.29) is 0 Å². The summed E-state index contributed by atoms with van der Waals surface area (Å²) in [5, 5.41) is 2.50. The monoisotopic (exact) mass is 638 g/mol. The van der Waals surface area contributed by atoms with Gasteiger partial charge in [0, 0.05) is 11.1 Å². The summed E-state index contributed by atoms with van der Waals surface area (Å²) in [5.41, 5.74) is 12.7. The van der Waals surface area contributed by atoms with Crippen LogP contribution >= 0.6 is 0 Å². The minimum Gasteiger partial charge on any atom is -0.457 e. The molecule has 1 heteroatoms. The van der Waals surface area contributed by atoms with Crippen LogP contribution in [0.4, 0.5) is 0 Å². The molecule has 2 atom stereocenters. The average Bonchev–Trinajstić information content (AvgIpc) is 3.47. The molecule has 0 saturated carbocycles. The second-order valence-corrected chi connectivity index (χ2v) is 13.7. The van der Waals surface area contributed by atoms with Gasteiger partial charge in [-0.05, 0) is 92.0 Å². The highest BCUT2D eigenvalue weighted by Gasteiger charge is 2.48. The molecule has 0 aromatic heterocycles. The zero-order chi connectivity index (χ0) is 33.3. The summed E-state index contributed by atoms with van der Waals surface area (Å²) >= 11 is 0.